The molecule has 5 heteroatoms. The third-order valence-corrected chi connectivity index (χ3v) is 3.88. The predicted molar refractivity (Wildman–Crippen MR) is 84.2 cm³/mol. The van der Waals surface area contributed by atoms with Gasteiger partial charge in [-0.15, -0.1) is 0 Å². The van der Waals surface area contributed by atoms with Crippen molar-refractivity contribution in [2.24, 2.45) is 0 Å². The van der Waals surface area contributed by atoms with Gasteiger partial charge in [0.2, 0.25) is 5.43 Å². The summed E-state index contributed by atoms with van der Waals surface area (Å²) in [5.74, 6) is -1.77. The summed E-state index contributed by atoms with van der Waals surface area (Å²) in [5.41, 5.74) is 0.431. The molecule has 0 atom stereocenters. The van der Waals surface area contributed by atoms with E-state index in [1.54, 1.807) is 11.5 Å². The number of carboxylic acid groups (broad SMARTS) is 1. The van der Waals surface area contributed by atoms with E-state index in [0.29, 0.717) is 23.2 Å². The van der Waals surface area contributed by atoms with Crippen molar-refractivity contribution in [1.29, 1.82) is 0 Å². The second-order valence-corrected chi connectivity index (χ2v) is 6.47. The van der Waals surface area contributed by atoms with Gasteiger partial charge in [0, 0.05) is 18.1 Å². The van der Waals surface area contributed by atoms with Crippen LogP contribution in [0, 0.1) is 12.7 Å². The van der Waals surface area contributed by atoms with Crippen LogP contribution in [0.4, 0.5) is 4.39 Å². The average molecular weight is 305 g/mol. The molecule has 0 unspecified atom stereocenters. The van der Waals surface area contributed by atoms with Gasteiger partial charge in [-0.1, -0.05) is 20.8 Å². The molecule has 1 aromatic carbocycles. The Labute approximate surface area is 128 Å². The van der Waals surface area contributed by atoms with Gasteiger partial charge in [0.1, 0.15) is 11.4 Å². The quantitative estimate of drug-likeness (QED) is 0.924. The summed E-state index contributed by atoms with van der Waals surface area (Å²) in [7, 11) is 0. The molecule has 0 aliphatic carbocycles. The minimum Gasteiger partial charge on any atom is -0.477 e. The van der Waals surface area contributed by atoms with Crippen molar-refractivity contribution >= 4 is 16.9 Å². The highest BCUT2D eigenvalue weighted by Crippen LogP contribution is 2.32. The Bertz CT molecular complexity index is 829. The number of aromatic carboxylic acids is 1. The van der Waals surface area contributed by atoms with E-state index in [4.69, 9.17) is 5.11 Å². The zero-order valence-corrected chi connectivity index (χ0v) is 13.5. The van der Waals surface area contributed by atoms with Crippen LogP contribution >= 0.6 is 0 Å². The smallest absolute Gasteiger partial charge is 0.341 e. The summed E-state index contributed by atoms with van der Waals surface area (Å²) in [6.45, 7) is 9.85. The zero-order chi connectivity index (χ0) is 16.8. The van der Waals surface area contributed by atoms with Crippen molar-refractivity contribution in [1.82, 2.24) is 4.57 Å². The van der Waals surface area contributed by atoms with Crippen molar-refractivity contribution in [3.05, 3.63) is 45.0 Å². The summed E-state index contributed by atoms with van der Waals surface area (Å²) < 4.78 is 16.2. The standard InChI is InChI=1S/C17H20FNO3/c1-6-19-8-11(16(21)22)15(20)10-7-12(18)13(17(3,4)5)9(2)14(10)19/h7-8H,6H2,1-5H3,(H,21,22). The third kappa shape index (κ3) is 2.40. The fourth-order valence-corrected chi connectivity index (χ4v) is 3.06. The van der Waals surface area contributed by atoms with Gasteiger partial charge in [0.15, 0.2) is 0 Å². The number of benzene rings is 1. The molecule has 0 bridgehead atoms. The molecule has 0 aliphatic heterocycles. The summed E-state index contributed by atoms with van der Waals surface area (Å²) in [6, 6.07) is 1.17. The Kier molecular flexibility index (Phi) is 3.85. The van der Waals surface area contributed by atoms with Crippen LogP contribution in [0.3, 0.4) is 0 Å². The normalized spacial score (nSPS) is 11.9. The Morgan fingerprint density at radius 1 is 1.36 bits per heavy atom. The molecule has 0 saturated carbocycles. The molecule has 118 valence electrons. The number of fused-ring (bicyclic) bond motifs is 1. The second-order valence-electron chi connectivity index (χ2n) is 6.47. The first-order valence-electron chi connectivity index (χ1n) is 7.19. The lowest BCUT2D eigenvalue weighted by atomic mass is 9.82. The molecule has 2 aromatic rings. The lowest BCUT2D eigenvalue weighted by Crippen LogP contribution is -2.22. The third-order valence-electron chi connectivity index (χ3n) is 3.88. The maximum Gasteiger partial charge on any atom is 0.341 e. The van der Waals surface area contributed by atoms with Gasteiger partial charge in [-0.05, 0) is 36.5 Å². The SMILES string of the molecule is CCn1cc(C(=O)O)c(=O)c2cc(F)c(C(C)(C)C)c(C)c21. The zero-order valence-electron chi connectivity index (χ0n) is 13.5. The largest absolute Gasteiger partial charge is 0.477 e. The number of carbonyl (C=O) groups is 1. The minimum absolute atomic E-state index is 0.116. The average Bonchev–Trinajstić information content (AvgIpc) is 2.37. The molecular formula is C17H20FNO3. The highest BCUT2D eigenvalue weighted by atomic mass is 19.1. The van der Waals surface area contributed by atoms with Crippen LogP contribution < -0.4 is 5.43 Å². The van der Waals surface area contributed by atoms with E-state index >= 15 is 0 Å². The van der Waals surface area contributed by atoms with Crippen LogP contribution in [0.2, 0.25) is 0 Å². The Morgan fingerprint density at radius 2 is 1.95 bits per heavy atom. The van der Waals surface area contributed by atoms with Gasteiger partial charge in [-0.3, -0.25) is 4.79 Å². The number of rotatable bonds is 2. The highest BCUT2D eigenvalue weighted by molar-refractivity contribution is 5.93. The number of halogens is 1. The van der Waals surface area contributed by atoms with Crippen LogP contribution in [0.25, 0.3) is 10.9 Å². The molecule has 22 heavy (non-hydrogen) atoms. The molecule has 0 radical (unpaired) electrons. The Morgan fingerprint density at radius 3 is 2.41 bits per heavy atom. The number of hydrogen-bond acceptors (Lipinski definition) is 2. The van der Waals surface area contributed by atoms with Crippen molar-refractivity contribution in [3.8, 4) is 0 Å². The van der Waals surface area contributed by atoms with E-state index in [9.17, 15) is 14.0 Å². The van der Waals surface area contributed by atoms with Gasteiger partial charge in [-0.2, -0.15) is 0 Å². The summed E-state index contributed by atoms with van der Waals surface area (Å²) in [6.07, 6.45) is 1.34. The molecule has 0 saturated heterocycles. The molecule has 1 N–H and O–H groups in total. The maximum atomic E-state index is 14.5. The lowest BCUT2D eigenvalue weighted by Gasteiger charge is -2.25. The molecule has 2 rings (SSSR count). The fraction of sp³-hybridized carbons (Fsp3) is 0.412. The van der Waals surface area contributed by atoms with Crippen LogP contribution in [-0.2, 0) is 12.0 Å². The second kappa shape index (κ2) is 5.23. The fourth-order valence-electron chi connectivity index (χ4n) is 3.06. The van der Waals surface area contributed by atoms with Crippen molar-refractivity contribution in [2.75, 3.05) is 0 Å². The Balaban J connectivity index is 3.08. The van der Waals surface area contributed by atoms with Gasteiger partial charge in [0.25, 0.3) is 0 Å². The van der Waals surface area contributed by atoms with Gasteiger partial charge in [0.05, 0.1) is 5.52 Å². The molecule has 1 heterocycles. The predicted octanol–water partition coefficient (Wildman–Crippen LogP) is 3.46. The van der Waals surface area contributed by atoms with Gasteiger partial charge in [-0.25, -0.2) is 9.18 Å². The molecule has 0 aliphatic rings. The van der Waals surface area contributed by atoms with E-state index < -0.39 is 22.6 Å². The molecule has 1 aromatic heterocycles. The van der Waals surface area contributed by atoms with Crippen LogP contribution in [-0.4, -0.2) is 15.6 Å². The van der Waals surface area contributed by atoms with Crippen LogP contribution in [0.1, 0.15) is 49.2 Å². The van der Waals surface area contributed by atoms with Crippen molar-refractivity contribution in [2.45, 2.75) is 46.6 Å². The number of nitrogens with zero attached hydrogens (tertiary/aromatic N) is 1. The van der Waals surface area contributed by atoms with E-state index in [2.05, 4.69) is 0 Å². The summed E-state index contributed by atoms with van der Waals surface area (Å²) >= 11 is 0. The topological polar surface area (TPSA) is 59.3 Å². The lowest BCUT2D eigenvalue weighted by molar-refractivity contribution is 0.0695. The van der Waals surface area contributed by atoms with E-state index in [1.165, 1.54) is 12.3 Å². The first kappa shape index (κ1) is 16.2. The number of pyridine rings is 1. The summed E-state index contributed by atoms with van der Waals surface area (Å²) in [5, 5.41) is 9.28. The van der Waals surface area contributed by atoms with Crippen molar-refractivity contribution in [3.63, 3.8) is 0 Å². The molecule has 4 nitrogen and oxygen atoms in total. The van der Waals surface area contributed by atoms with Crippen LogP contribution in [0.15, 0.2) is 17.1 Å². The maximum absolute atomic E-state index is 14.5. The minimum atomic E-state index is -1.30. The number of carboxylic acids is 1. The van der Waals surface area contributed by atoms with Gasteiger partial charge >= 0.3 is 5.97 Å². The number of aromatic nitrogens is 1. The van der Waals surface area contributed by atoms with E-state index in [0.717, 1.165) is 0 Å². The van der Waals surface area contributed by atoms with E-state index in [1.807, 2.05) is 27.7 Å². The highest BCUT2D eigenvalue weighted by Gasteiger charge is 2.25. The Hall–Kier alpha value is -2.17. The molecule has 0 spiro atoms. The first-order chi connectivity index (χ1) is 10.1. The number of aryl methyl sites for hydroxylation is 2. The van der Waals surface area contributed by atoms with E-state index in [-0.39, 0.29) is 10.9 Å². The number of hydrogen-bond donors (Lipinski definition) is 1. The summed E-state index contributed by atoms with van der Waals surface area (Å²) in [4.78, 5) is 23.6. The molecular weight excluding hydrogens is 285 g/mol. The first-order valence-corrected chi connectivity index (χ1v) is 7.19. The van der Waals surface area contributed by atoms with Crippen LogP contribution in [0.5, 0.6) is 0 Å². The van der Waals surface area contributed by atoms with Crippen molar-refractivity contribution < 1.29 is 14.3 Å². The monoisotopic (exact) mass is 305 g/mol. The van der Waals surface area contributed by atoms with Gasteiger partial charge < -0.3 is 9.67 Å². The molecule has 0 amide bonds. The molecule has 0 fully saturated rings.